The average molecular weight is 386 g/mol. The lowest BCUT2D eigenvalue weighted by Crippen LogP contribution is -2.29. The molecule has 2 rings (SSSR count). The van der Waals surface area contributed by atoms with E-state index < -0.39 is 9.84 Å². The Balaban J connectivity index is 2.13. The number of sulfone groups is 1. The monoisotopic (exact) mass is 385 g/mol. The fourth-order valence-corrected chi connectivity index (χ4v) is 2.66. The molecule has 0 aliphatic carbocycles. The molecule has 1 N–H and O–H groups in total. The second kappa shape index (κ2) is 6.62. The van der Waals surface area contributed by atoms with Crippen LogP contribution in [0.25, 0.3) is 5.69 Å². The zero-order valence-corrected chi connectivity index (χ0v) is 14.6. The van der Waals surface area contributed by atoms with Crippen LogP contribution in [0.3, 0.4) is 0 Å². The van der Waals surface area contributed by atoms with Gasteiger partial charge in [-0.05, 0) is 31.2 Å². The topological polar surface area (TPSA) is 81.1 Å². The quantitative estimate of drug-likeness (QED) is 0.849. The van der Waals surface area contributed by atoms with Crippen molar-refractivity contribution in [1.82, 2.24) is 15.1 Å². The molecule has 0 saturated heterocycles. The molecular formula is C14H16BrN3O3S. The molecule has 0 saturated carbocycles. The number of nitrogens with one attached hydrogen (secondary N) is 1. The lowest BCUT2D eigenvalue weighted by Gasteiger charge is -2.06. The van der Waals surface area contributed by atoms with Gasteiger partial charge < -0.3 is 5.32 Å². The van der Waals surface area contributed by atoms with E-state index >= 15 is 0 Å². The highest BCUT2D eigenvalue weighted by molar-refractivity contribution is 9.10. The summed E-state index contributed by atoms with van der Waals surface area (Å²) in [7, 11) is -3.09. The molecule has 0 spiro atoms. The van der Waals surface area contributed by atoms with Crippen molar-refractivity contribution < 1.29 is 13.2 Å². The number of aromatic nitrogens is 2. The number of hydrogen-bond acceptors (Lipinski definition) is 4. The third kappa shape index (κ3) is 4.17. The maximum Gasteiger partial charge on any atom is 0.254 e. The molecule has 1 heterocycles. The maximum absolute atomic E-state index is 12.1. The molecule has 2 aromatic rings. The van der Waals surface area contributed by atoms with Gasteiger partial charge in [0.2, 0.25) is 0 Å². The summed E-state index contributed by atoms with van der Waals surface area (Å²) in [4.78, 5) is 12.1. The second-order valence-electron chi connectivity index (χ2n) is 4.92. The van der Waals surface area contributed by atoms with Crippen molar-refractivity contribution in [3.05, 3.63) is 46.2 Å². The van der Waals surface area contributed by atoms with Gasteiger partial charge >= 0.3 is 0 Å². The zero-order valence-electron chi connectivity index (χ0n) is 12.2. The van der Waals surface area contributed by atoms with Gasteiger partial charge in [-0.25, -0.2) is 13.1 Å². The molecule has 0 radical (unpaired) electrons. The largest absolute Gasteiger partial charge is 0.351 e. The lowest BCUT2D eigenvalue weighted by atomic mass is 10.2. The molecule has 8 heteroatoms. The minimum atomic E-state index is -3.09. The van der Waals surface area contributed by atoms with Crippen molar-refractivity contribution in [2.45, 2.75) is 6.92 Å². The van der Waals surface area contributed by atoms with Crippen molar-refractivity contribution in [3.8, 4) is 5.69 Å². The smallest absolute Gasteiger partial charge is 0.254 e. The van der Waals surface area contributed by atoms with Crippen molar-refractivity contribution in [3.63, 3.8) is 0 Å². The number of carbonyl (C=O) groups is 1. The van der Waals surface area contributed by atoms with E-state index in [2.05, 4.69) is 26.3 Å². The molecule has 118 valence electrons. The molecule has 1 aromatic heterocycles. The van der Waals surface area contributed by atoms with Gasteiger partial charge in [-0.15, -0.1) is 0 Å². The Morgan fingerprint density at radius 2 is 1.95 bits per heavy atom. The molecule has 0 aliphatic rings. The molecule has 1 aromatic carbocycles. The predicted molar refractivity (Wildman–Crippen MR) is 88.0 cm³/mol. The Morgan fingerprint density at radius 1 is 1.32 bits per heavy atom. The fourth-order valence-electron chi connectivity index (χ4n) is 1.92. The Bertz CT molecular complexity index is 782. The summed E-state index contributed by atoms with van der Waals surface area (Å²) in [6, 6.07) is 7.55. The van der Waals surface area contributed by atoms with E-state index in [9.17, 15) is 13.2 Å². The molecule has 0 fully saturated rings. The summed E-state index contributed by atoms with van der Waals surface area (Å²) in [5.74, 6) is -0.414. The van der Waals surface area contributed by atoms with Crippen LogP contribution in [0.5, 0.6) is 0 Å². The highest BCUT2D eigenvalue weighted by atomic mass is 79.9. The molecule has 1 amide bonds. The Hall–Kier alpha value is -1.67. The second-order valence-corrected chi connectivity index (χ2v) is 8.09. The Kier molecular flexibility index (Phi) is 5.02. The van der Waals surface area contributed by atoms with E-state index in [-0.39, 0.29) is 18.2 Å². The minimum absolute atomic E-state index is 0.0839. The number of rotatable bonds is 5. The van der Waals surface area contributed by atoms with Crippen molar-refractivity contribution in [1.29, 1.82) is 0 Å². The summed E-state index contributed by atoms with van der Waals surface area (Å²) >= 11 is 3.37. The number of benzene rings is 1. The van der Waals surface area contributed by atoms with Crippen molar-refractivity contribution >= 4 is 31.7 Å². The standard InChI is InChI=1S/C14H16BrN3O3S/c1-10-13(14(19)16-7-8-22(2,20)21)9-17-18(10)12-5-3-11(15)4-6-12/h3-6,9H,7-8H2,1-2H3,(H,16,19). The fraction of sp³-hybridized carbons (Fsp3) is 0.286. The van der Waals surface area contributed by atoms with E-state index in [1.807, 2.05) is 24.3 Å². The Labute approximate surface area is 137 Å². The van der Waals surface area contributed by atoms with Crippen LogP contribution in [0.15, 0.2) is 34.9 Å². The number of carbonyl (C=O) groups excluding carboxylic acids is 1. The molecule has 0 unspecified atom stereocenters. The van der Waals surface area contributed by atoms with E-state index in [0.717, 1.165) is 16.4 Å². The summed E-state index contributed by atoms with van der Waals surface area (Å²) in [6.45, 7) is 1.88. The number of nitrogens with zero attached hydrogens (tertiary/aromatic N) is 2. The molecule has 22 heavy (non-hydrogen) atoms. The first kappa shape index (κ1) is 16.7. The van der Waals surface area contributed by atoms with Crippen LogP contribution in [0.4, 0.5) is 0 Å². The summed E-state index contributed by atoms with van der Waals surface area (Å²) < 4.78 is 24.7. The van der Waals surface area contributed by atoms with Crippen LogP contribution in [-0.4, -0.2) is 42.7 Å². The van der Waals surface area contributed by atoms with Gasteiger partial charge in [0.1, 0.15) is 9.84 Å². The first-order chi connectivity index (χ1) is 10.3. The van der Waals surface area contributed by atoms with Crippen LogP contribution >= 0.6 is 15.9 Å². The predicted octanol–water partition coefficient (Wildman–Crippen LogP) is 1.72. The molecule has 6 nitrogen and oxygen atoms in total. The summed E-state index contributed by atoms with van der Waals surface area (Å²) in [6.07, 6.45) is 2.61. The van der Waals surface area contributed by atoms with Crippen LogP contribution < -0.4 is 5.32 Å². The first-order valence-corrected chi connectivity index (χ1v) is 9.40. The van der Waals surface area contributed by atoms with E-state index in [0.29, 0.717) is 11.3 Å². The van der Waals surface area contributed by atoms with Gasteiger partial charge in [0.25, 0.3) is 5.91 Å². The number of amides is 1. The zero-order chi connectivity index (χ0) is 16.3. The first-order valence-electron chi connectivity index (χ1n) is 6.54. The van der Waals surface area contributed by atoms with Crippen molar-refractivity contribution in [2.75, 3.05) is 18.6 Å². The van der Waals surface area contributed by atoms with Crippen LogP contribution in [0, 0.1) is 6.92 Å². The van der Waals surface area contributed by atoms with Crippen molar-refractivity contribution in [2.24, 2.45) is 0 Å². The summed E-state index contributed by atoms with van der Waals surface area (Å²) in [5, 5.41) is 6.81. The third-order valence-electron chi connectivity index (χ3n) is 3.08. The van der Waals surface area contributed by atoms with Gasteiger partial charge in [-0.2, -0.15) is 5.10 Å². The third-order valence-corrected chi connectivity index (χ3v) is 4.56. The van der Waals surface area contributed by atoms with Gasteiger partial charge in [0, 0.05) is 17.3 Å². The molecule has 0 atom stereocenters. The lowest BCUT2D eigenvalue weighted by molar-refractivity contribution is 0.0955. The number of hydrogen-bond donors (Lipinski definition) is 1. The molecule has 0 aliphatic heterocycles. The highest BCUT2D eigenvalue weighted by Crippen LogP contribution is 2.17. The SMILES string of the molecule is Cc1c(C(=O)NCCS(C)(=O)=O)cnn1-c1ccc(Br)cc1. The van der Waals surface area contributed by atoms with E-state index in [4.69, 9.17) is 0 Å². The summed E-state index contributed by atoms with van der Waals surface area (Å²) in [5.41, 5.74) is 1.96. The maximum atomic E-state index is 12.1. The average Bonchev–Trinajstić information content (AvgIpc) is 2.80. The molecule has 0 bridgehead atoms. The highest BCUT2D eigenvalue weighted by Gasteiger charge is 2.15. The minimum Gasteiger partial charge on any atom is -0.351 e. The van der Waals surface area contributed by atoms with Gasteiger partial charge in [0.15, 0.2) is 0 Å². The Morgan fingerprint density at radius 3 is 2.55 bits per heavy atom. The van der Waals surface area contributed by atoms with Crippen LogP contribution in [-0.2, 0) is 9.84 Å². The van der Waals surface area contributed by atoms with Crippen LogP contribution in [0.1, 0.15) is 16.1 Å². The van der Waals surface area contributed by atoms with Gasteiger partial charge in [-0.1, -0.05) is 15.9 Å². The van der Waals surface area contributed by atoms with E-state index in [1.165, 1.54) is 6.20 Å². The molecular weight excluding hydrogens is 370 g/mol. The normalized spacial score (nSPS) is 11.4. The van der Waals surface area contributed by atoms with Gasteiger partial charge in [-0.3, -0.25) is 4.79 Å². The number of halogens is 1. The van der Waals surface area contributed by atoms with Crippen LogP contribution in [0.2, 0.25) is 0 Å². The van der Waals surface area contributed by atoms with Gasteiger partial charge in [0.05, 0.1) is 28.9 Å². The van der Waals surface area contributed by atoms with E-state index in [1.54, 1.807) is 11.6 Å².